The van der Waals surface area contributed by atoms with Gasteiger partial charge in [-0.05, 0) is 30.5 Å². The zero-order valence-corrected chi connectivity index (χ0v) is 12.6. The van der Waals surface area contributed by atoms with Crippen LogP contribution >= 0.6 is 0 Å². The van der Waals surface area contributed by atoms with Crippen LogP contribution in [0.4, 0.5) is 0 Å². The lowest BCUT2D eigenvalue weighted by atomic mass is 10.2. The minimum absolute atomic E-state index is 0.236. The molecule has 1 aromatic carbocycles. The number of ether oxygens (including phenoxy) is 2. The molecule has 2 rings (SSSR count). The van der Waals surface area contributed by atoms with Crippen LogP contribution in [0.5, 0.6) is 17.5 Å². The van der Waals surface area contributed by atoms with Gasteiger partial charge >= 0.3 is 6.01 Å². The van der Waals surface area contributed by atoms with Crippen molar-refractivity contribution in [1.82, 2.24) is 15.2 Å². The van der Waals surface area contributed by atoms with Crippen molar-refractivity contribution in [2.75, 3.05) is 7.11 Å². The first kappa shape index (κ1) is 15.2. The van der Waals surface area contributed by atoms with Crippen LogP contribution in [0, 0.1) is 0 Å². The van der Waals surface area contributed by atoms with Gasteiger partial charge in [0.1, 0.15) is 11.5 Å². The molecule has 0 unspecified atom stereocenters. The molecule has 0 bridgehead atoms. The maximum atomic E-state index is 5.69. The first-order valence-corrected chi connectivity index (χ1v) is 6.98. The summed E-state index contributed by atoms with van der Waals surface area (Å²) in [6.45, 7) is 4.47. The highest BCUT2D eigenvalue weighted by Gasteiger charge is 2.09. The molecule has 0 saturated carbocycles. The van der Waals surface area contributed by atoms with Crippen LogP contribution in [0.2, 0.25) is 0 Å². The van der Waals surface area contributed by atoms with Crippen LogP contribution < -0.4 is 15.2 Å². The van der Waals surface area contributed by atoms with Crippen molar-refractivity contribution in [1.29, 1.82) is 0 Å². The molecule has 0 saturated heterocycles. The molecule has 0 radical (unpaired) electrons. The lowest BCUT2D eigenvalue weighted by molar-refractivity contribution is 0.400. The average Bonchev–Trinajstić information content (AvgIpc) is 2.54. The fourth-order valence-corrected chi connectivity index (χ4v) is 1.99. The summed E-state index contributed by atoms with van der Waals surface area (Å²) < 4.78 is 10.9. The van der Waals surface area contributed by atoms with Gasteiger partial charge in [0.15, 0.2) is 0 Å². The highest BCUT2D eigenvalue weighted by molar-refractivity contribution is 5.39. The molecule has 0 aliphatic rings. The standard InChI is InChI=1S/C15H20N4O2/c1-4-13-14(5-2)18-19-15(17-13)21-12-7-10(9-16)6-11(8-12)20-3/h6-8H,4-5,9,16H2,1-3H3. The molecule has 6 heteroatoms. The predicted molar refractivity (Wildman–Crippen MR) is 79.5 cm³/mol. The van der Waals surface area contributed by atoms with E-state index in [4.69, 9.17) is 15.2 Å². The van der Waals surface area contributed by atoms with Gasteiger partial charge < -0.3 is 15.2 Å². The first-order valence-electron chi connectivity index (χ1n) is 6.98. The van der Waals surface area contributed by atoms with Crippen molar-refractivity contribution in [3.63, 3.8) is 0 Å². The fraction of sp³-hybridized carbons (Fsp3) is 0.400. The summed E-state index contributed by atoms with van der Waals surface area (Å²) in [5.41, 5.74) is 8.39. The minimum Gasteiger partial charge on any atom is -0.497 e. The lowest BCUT2D eigenvalue weighted by Crippen LogP contribution is -2.05. The van der Waals surface area contributed by atoms with E-state index in [1.54, 1.807) is 13.2 Å². The number of rotatable bonds is 6. The number of nitrogens with zero attached hydrogens (tertiary/aromatic N) is 3. The number of aryl methyl sites for hydroxylation is 2. The van der Waals surface area contributed by atoms with Gasteiger partial charge in [-0.1, -0.05) is 18.9 Å². The van der Waals surface area contributed by atoms with Gasteiger partial charge in [-0.15, -0.1) is 5.10 Å². The van der Waals surface area contributed by atoms with Gasteiger partial charge in [-0.2, -0.15) is 4.98 Å². The van der Waals surface area contributed by atoms with Gasteiger partial charge in [-0.25, -0.2) is 0 Å². The van der Waals surface area contributed by atoms with Crippen molar-refractivity contribution in [3.8, 4) is 17.5 Å². The van der Waals surface area contributed by atoms with E-state index >= 15 is 0 Å². The Hall–Kier alpha value is -2.21. The third-order valence-electron chi connectivity index (χ3n) is 3.11. The highest BCUT2D eigenvalue weighted by atomic mass is 16.5. The topological polar surface area (TPSA) is 83.2 Å². The zero-order valence-electron chi connectivity index (χ0n) is 12.6. The van der Waals surface area contributed by atoms with Crippen molar-refractivity contribution >= 4 is 0 Å². The second kappa shape index (κ2) is 6.99. The van der Waals surface area contributed by atoms with Crippen molar-refractivity contribution in [3.05, 3.63) is 35.2 Å². The lowest BCUT2D eigenvalue weighted by Gasteiger charge is -2.09. The number of benzene rings is 1. The molecule has 112 valence electrons. The van der Waals surface area contributed by atoms with Gasteiger partial charge in [0.2, 0.25) is 0 Å². The summed E-state index contributed by atoms with van der Waals surface area (Å²) in [5.74, 6) is 1.27. The molecule has 0 aliphatic carbocycles. The van der Waals surface area contributed by atoms with E-state index in [9.17, 15) is 0 Å². The van der Waals surface area contributed by atoms with E-state index in [2.05, 4.69) is 15.2 Å². The molecule has 1 aromatic heterocycles. The maximum Gasteiger partial charge on any atom is 0.341 e. The van der Waals surface area contributed by atoms with Crippen molar-refractivity contribution < 1.29 is 9.47 Å². The maximum absolute atomic E-state index is 5.69. The van der Waals surface area contributed by atoms with Crippen LogP contribution in [-0.4, -0.2) is 22.3 Å². The normalized spacial score (nSPS) is 10.5. The van der Waals surface area contributed by atoms with Gasteiger partial charge in [0, 0.05) is 12.6 Å². The number of nitrogens with two attached hydrogens (primary N) is 1. The average molecular weight is 288 g/mol. The van der Waals surface area contributed by atoms with E-state index in [0.717, 1.165) is 29.8 Å². The molecule has 2 N–H and O–H groups in total. The van der Waals surface area contributed by atoms with Crippen LogP contribution in [0.25, 0.3) is 0 Å². The Bertz CT molecular complexity index is 594. The van der Waals surface area contributed by atoms with E-state index in [1.165, 1.54) is 0 Å². The minimum atomic E-state index is 0.236. The predicted octanol–water partition coefficient (Wildman–Crippen LogP) is 2.26. The fourth-order valence-electron chi connectivity index (χ4n) is 1.99. The molecular weight excluding hydrogens is 268 g/mol. The SMILES string of the molecule is CCc1nnc(Oc2cc(CN)cc(OC)c2)nc1CC. The summed E-state index contributed by atoms with van der Waals surface area (Å²) in [6, 6.07) is 5.71. The Morgan fingerprint density at radius 1 is 1.00 bits per heavy atom. The highest BCUT2D eigenvalue weighted by Crippen LogP contribution is 2.25. The Morgan fingerprint density at radius 3 is 2.33 bits per heavy atom. The molecule has 6 nitrogen and oxygen atoms in total. The number of hydrogen-bond acceptors (Lipinski definition) is 6. The molecule has 0 spiro atoms. The molecule has 2 aromatic rings. The van der Waals surface area contributed by atoms with Crippen LogP contribution in [0.15, 0.2) is 18.2 Å². The van der Waals surface area contributed by atoms with Crippen molar-refractivity contribution in [2.24, 2.45) is 5.73 Å². The first-order chi connectivity index (χ1) is 10.2. The molecule has 21 heavy (non-hydrogen) atoms. The van der Waals surface area contributed by atoms with Crippen LogP contribution in [0.3, 0.4) is 0 Å². The largest absolute Gasteiger partial charge is 0.497 e. The molecular formula is C15H20N4O2. The second-order valence-electron chi connectivity index (χ2n) is 4.52. The van der Waals surface area contributed by atoms with Gasteiger partial charge in [0.25, 0.3) is 0 Å². The smallest absolute Gasteiger partial charge is 0.341 e. The second-order valence-corrected chi connectivity index (χ2v) is 4.52. The molecule has 0 amide bonds. The van der Waals surface area contributed by atoms with E-state index in [1.807, 2.05) is 26.0 Å². The Balaban J connectivity index is 2.29. The summed E-state index contributed by atoms with van der Waals surface area (Å²) in [4.78, 5) is 4.40. The number of hydrogen-bond donors (Lipinski definition) is 1. The number of methoxy groups -OCH3 is 1. The Kier molecular flexibility index (Phi) is 5.05. The zero-order chi connectivity index (χ0) is 15.2. The molecule has 1 heterocycles. The summed E-state index contributed by atoms with van der Waals surface area (Å²) in [5, 5.41) is 8.16. The quantitative estimate of drug-likeness (QED) is 0.877. The summed E-state index contributed by atoms with van der Waals surface area (Å²) in [6.07, 6.45) is 1.60. The van der Waals surface area contributed by atoms with Crippen LogP contribution in [0.1, 0.15) is 30.8 Å². The third kappa shape index (κ3) is 3.66. The third-order valence-corrected chi connectivity index (χ3v) is 3.11. The van der Waals surface area contributed by atoms with Gasteiger partial charge in [-0.3, -0.25) is 0 Å². The summed E-state index contributed by atoms with van der Waals surface area (Å²) in [7, 11) is 1.60. The van der Waals surface area contributed by atoms with E-state index < -0.39 is 0 Å². The van der Waals surface area contributed by atoms with Crippen molar-refractivity contribution in [2.45, 2.75) is 33.2 Å². The van der Waals surface area contributed by atoms with Crippen LogP contribution in [-0.2, 0) is 19.4 Å². The number of aromatic nitrogens is 3. The van der Waals surface area contributed by atoms with E-state index in [-0.39, 0.29) is 6.01 Å². The Morgan fingerprint density at radius 2 is 1.71 bits per heavy atom. The van der Waals surface area contributed by atoms with Gasteiger partial charge in [0.05, 0.1) is 18.5 Å². The monoisotopic (exact) mass is 288 g/mol. The molecule has 0 atom stereocenters. The van der Waals surface area contributed by atoms with E-state index in [0.29, 0.717) is 18.0 Å². The Labute approximate surface area is 124 Å². The molecule has 0 fully saturated rings. The summed E-state index contributed by atoms with van der Waals surface area (Å²) >= 11 is 0. The molecule has 0 aliphatic heterocycles.